The van der Waals surface area contributed by atoms with E-state index >= 15 is 0 Å². The molecule has 2 aromatic rings. The number of amides is 1. The van der Waals surface area contributed by atoms with E-state index in [1.807, 2.05) is 30.3 Å². The molecule has 2 rings (SSSR count). The summed E-state index contributed by atoms with van der Waals surface area (Å²) < 4.78 is 0. The third kappa shape index (κ3) is 7.47. The number of hydrogen-bond donors (Lipinski definition) is 1. The Balaban J connectivity index is 2.08. The predicted octanol–water partition coefficient (Wildman–Crippen LogP) is 6.11. The Hall–Kier alpha value is -3.29. The van der Waals surface area contributed by atoms with E-state index in [-0.39, 0.29) is 11.6 Å². The lowest BCUT2D eigenvalue weighted by atomic mass is 9.99. The molecular formula is C23H29N3O5. The van der Waals surface area contributed by atoms with Gasteiger partial charge in [-0.2, -0.15) is 0 Å². The van der Waals surface area contributed by atoms with Crippen molar-refractivity contribution >= 4 is 17.3 Å². The highest BCUT2D eigenvalue weighted by Crippen LogP contribution is 2.28. The first kappa shape index (κ1) is 24.0. The highest BCUT2D eigenvalue weighted by atomic mass is 16.6. The number of carbonyl (C=O) groups excluding carboxylic acids is 1. The average Bonchev–Trinajstić information content (AvgIpc) is 2.77. The van der Waals surface area contributed by atoms with Gasteiger partial charge in [0, 0.05) is 17.7 Å². The fraction of sp³-hybridized carbons (Fsp3) is 0.435. The van der Waals surface area contributed by atoms with E-state index in [0.717, 1.165) is 43.4 Å². The van der Waals surface area contributed by atoms with Crippen LogP contribution in [0.15, 0.2) is 48.5 Å². The van der Waals surface area contributed by atoms with Crippen molar-refractivity contribution in [3.8, 4) is 0 Å². The van der Waals surface area contributed by atoms with Crippen molar-refractivity contribution in [2.24, 2.45) is 0 Å². The molecule has 0 saturated heterocycles. The molecule has 1 unspecified atom stereocenters. The predicted molar refractivity (Wildman–Crippen MR) is 119 cm³/mol. The maximum Gasteiger partial charge on any atom is 0.346 e. The topological polar surface area (TPSA) is 115 Å². The molecule has 0 heterocycles. The van der Waals surface area contributed by atoms with Crippen LogP contribution >= 0.6 is 0 Å². The Morgan fingerprint density at radius 3 is 2.10 bits per heavy atom. The third-order valence-corrected chi connectivity index (χ3v) is 5.23. The fourth-order valence-corrected chi connectivity index (χ4v) is 3.52. The number of hydrogen-bond acceptors (Lipinski definition) is 5. The van der Waals surface area contributed by atoms with Crippen LogP contribution in [0.25, 0.3) is 0 Å². The summed E-state index contributed by atoms with van der Waals surface area (Å²) >= 11 is 0. The van der Waals surface area contributed by atoms with Crippen molar-refractivity contribution in [2.45, 2.75) is 64.3 Å². The van der Waals surface area contributed by atoms with Gasteiger partial charge in [-0.05, 0) is 18.1 Å². The van der Waals surface area contributed by atoms with Crippen LogP contribution in [0.5, 0.6) is 0 Å². The Bertz CT molecular complexity index is 886. The second kappa shape index (κ2) is 12.4. The summed E-state index contributed by atoms with van der Waals surface area (Å²) in [5, 5.41) is 25.1. The monoisotopic (exact) mass is 427 g/mol. The van der Waals surface area contributed by atoms with E-state index in [9.17, 15) is 25.0 Å². The van der Waals surface area contributed by atoms with Crippen molar-refractivity contribution < 1.29 is 14.6 Å². The van der Waals surface area contributed by atoms with Gasteiger partial charge in [0.1, 0.15) is 0 Å². The van der Waals surface area contributed by atoms with Gasteiger partial charge in [-0.15, -0.1) is 0 Å². The van der Waals surface area contributed by atoms with Crippen LogP contribution in [0.3, 0.4) is 0 Å². The summed E-state index contributed by atoms with van der Waals surface area (Å²) in [6.07, 6.45) is 8.85. The number of unbranched alkanes of at least 4 members (excludes halogenated alkanes) is 6. The molecule has 1 N–H and O–H groups in total. The average molecular weight is 428 g/mol. The van der Waals surface area contributed by atoms with Crippen LogP contribution in [0.4, 0.5) is 11.4 Å². The maximum atomic E-state index is 12.8. The highest BCUT2D eigenvalue weighted by Gasteiger charge is 2.26. The molecule has 0 aliphatic rings. The summed E-state index contributed by atoms with van der Waals surface area (Å²) in [7, 11) is 0. The SMILES string of the molecule is CCCCCCCCCC(NC(=O)c1ccc([N+](=O)[O-])c([N+](=O)[O-])c1)c1ccccc1. The second-order valence-electron chi connectivity index (χ2n) is 7.56. The largest absolute Gasteiger partial charge is 0.346 e. The minimum atomic E-state index is -0.845. The first-order valence-corrected chi connectivity index (χ1v) is 10.7. The number of nitrogens with one attached hydrogen (secondary N) is 1. The smallest absolute Gasteiger partial charge is 0.345 e. The first-order valence-electron chi connectivity index (χ1n) is 10.7. The molecule has 0 aliphatic heterocycles. The van der Waals surface area contributed by atoms with Gasteiger partial charge in [0.15, 0.2) is 0 Å². The number of nitrogens with zero attached hydrogens (tertiary/aromatic N) is 2. The van der Waals surface area contributed by atoms with Gasteiger partial charge in [0.25, 0.3) is 5.91 Å². The van der Waals surface area contributed by atoms with E-state index < -0.39 is 27.1 Å². The molecule has 1 atom stereocenters. The lowest BCUT2D eigenvalue weighted by molar-refractivity contribution is -0.422. The molecule has 0 fully saturated rings. The van der Waals surface area contributed by atoms with Gasteiger partial charge in [-0.3, -0.25) is 25.0 Å². The molecule has 0 spiro atoms. The zero-order valence-electron chi connectivity index (χ0n) is 17.8. The highest BCUT2D eigenvalue weighted by molar-refractivity contribution is 5.95. The van der Waals surface area contributed by atoms with Gasteiger partial charge < -0.3 is 5.32 Å². The minimum absolute atomic E-state index is 0.0257. The maximum absolute atomic E-state index is 12.8. The Morgan fingerprint density at radius 1 is 0.871 bits per heavy atom. The molecule has 166 valence electrons. The Morgan fingerprint density at radius 2 is 1.48 bits per heavy atom. The van der Waals surface area contributed by atoms with Crippen molar-refractivity contribution in [3.63, 3.8) is 0 Å². The summed E-state index contributed by atoms with van der Waals surface area (Å²) in [5.74, 6) is -0.491. The van der Waals surface area contributed by atoms with E-state index in [2.05, 4.69) is 12.2 Å². The van der Waals surface area contributed by atoms with E-state index in [0.29, 0.717) is 0 Å². The van der Waals surface area contributed by atoms with Crippen LogP contribution in [0.2, 0.25) is 0 Å². The summed E-state index contributed by atoms with van der Waals surface area (Å²) in [5.41, 5.74) is -0.346. The molecule has 2 aromatic carbocycles. The number of nitro benzene ring substituents is 2. The number of rotatable bonds is 13. The molecule has 31 heavy (non-hydrogen) atoms. The summed E-state index contributed by atoms with van der Waals surface area (Å²) in [6, 6.07) is 12.5. The molecule has 8 nitrogen and oxygen atoms in total. The number of benzene rings is 2. The molecule has 8 heteroatoms. The molecule has 0 aromatic heterocycles. The van der Waals surface area contributed by atoms with Crippen molar-refractivity contribution in [1.82, 2.24) is 5.32 Å². The molecule has 0 radical (unpaired) electrons. The molecule has 1 amide bonds. The molecule has 0 bridgehead atoms. The van der Waals surface area contributed by atoms with Crippen molar-refractivity contribution in [3.05, 3.63) is 79.9 Å². The fourth-order valence-electron chi connectivity index (χ4n) is 3.52. The van der Waals surface area contributed by atoms with Crippen LogP contribution < -0.4 is 5.32 Å². The molecular weight excluding hydrogens is 398 g/mol. The summed E-state index contributed by atoms with van der Waals surface area (Å²) in [4.78, 5) is 33.3. The molecule has 0 saturated carbocycles. The quantitative estimate of drug-likeness (QED) is 0.235. The van der Waals surface area contributed by atoms with Crippen LogP contribution in [-0.4, -0.2) is 15.8 Å². The standard InChI is InChI=1S/C23H29N3O5/c1-2-3-4-5-6-7-11-14-20(18-12-9-8-10-13-18)24-23(27)19-15-16-21(25(28)29)22(17-19)26(30)31/h8-10,12-13,15-17,20H,2-7,11,14H2,1H3,(H,24,27). The van der Waals surface area contributed by atoms with Gasteiger partial charge in [0.2, 0.25) is 0 Å². The second-order valence-corrected chi connectivity index (χ2v) is 7.56. The van der Waals surface area contributed by atoms with Crippen molar-refractivity contribution in [2.75, 3.05) is 0 Å². The van der Waals surface area contributed by atoms with Crippen LogP contribution in [-0.2, 0) is 0 Å². The Kier molecular flexibility index (Phi) is 9.61. The van der Waals surface area contributed by atoms with Gasteiger partial charge in [-0.1, -0.05) is 82.2 Å². The van der Waals surface area contributed by atoms with Gasteiger partial charge in [-0.25, -0.2) is 0 Å². The zero-order valence-corrected chi connectivity index (χ0v) is 17.8. The van der Waals surface area contributed by atoms with Gasteiger partial charge >= 0.3 is 11.4 Å². The normalized spacial score (nSPS) is 11.6. The van der Waals surface area contributed by atoms with Crippen molar-refractivity contribution in [1.29, 1.82) is 0 Å². The van der Waals surface area contributed by atoms with Crippen LogP contribution in [0.1, 0.15) is 80.3 Å². The number of nitro groups is 2. The third-order valence-electron chi connectivity index (χ3n) is 5.23. The summed E-state index contributed by atoms with van der Waals surface area (Å²) in [6.45, 7) is 2.19. The lowest BCUT2D eigenvalue weighted by Crippen LogP contribution is -2.28. The van der Waals surface area contributed by atoms with Gasteiger partial charge in [0.05, 0.1) is 15.9 Å². The first-order chi connectivity index (χ1) is 14.9. The minimum Gasteiger partial charge on any atom is -0.345 e. The number of carbonyl (C=O) groups is 1. The van der Waals surface area contributed by atoms with E-state index in [1.54, 1.807) is 0 Å². The van der Waals surface area contributed by atoms with E-state index in [1.165, 1.54) is 31.7 Å². The van der Waals surface area contributed by atoms with Crippen LogP contribution in [0, 0.1) is 20.2 Å². The molecule has 0 aliphatic carbocycles. The Labute approximate surface area is 182 Å². The zero-order chi connectivity index (χ0) is 22.6. The van der Waals surface area contributed by atoms with E-state index in [4.69, 9.17) is 0 Å². The lowest BCUT2D eigenvalue weighted by Gasteiger charge is -2.19.